The number of hydrogen-bond acceptors (Lipinski definition) is 3. The highest BCUT2D eigenvalue weighted by molar-refractivity contribution is 5.84. The van der Waals surface area contributed by atoms with Crippen molar-refractivity contribution in [2.75, 3.05) is 19.6 Å². The smallest absolute Gasteiger partial charge is 0.317 e. The number of likely N-dealkylation sites (N-methyl/N-ethyl adjacent to an activating group) is 1. The molecule has 0 saturated heterocycles. The summed E-state index contributed by atoms with van der Waals surface area (Å²) in [5, 5.41) is 14.2. The predicted molar refractivity (Wildman–Crippen MR) is 75.3 cm³/mol. The Hall–Kier alpha value is -1.79. The number of urea groups is 1. The number of nitrogens with one attached hydrogen (secondary N) is 2. The van der Waals surface area contributed by atoms with Crippen molar-refractivity contribution in [1.29, 1.82) is 0 Å². The Morgan fingerprint density at radius 3 is 2.20 bits per heavy atom. The van der Waals surface area contributed by atoms with Crippen LogP contribution >= 0.6 is 0 Å². The van der Waals surface area contributed by atoms with Gasteiger partial charge in [0.1, 0.15) is 6.54 Å². The lowest BCUT2D eigenvalue weighted by Crippen LogP contribution is -2.47. The molecule has 0 aromatic carbocycles. The van der Waals surface area contributed by atoms with E-state index in [1.165, 1.54) is 4.90 Å². The molecule has 0 rings (SSSR count). The largest absolute Gasteiger partial charge is 0.481 e. The summed E-state index contributed by atoms with van der Waals surface area (Å²) < 4.78 is 0. The minimum Gasteiger partial charge on any atom is -0.481 e. The van der Waals surface area contributed by atoms with Gasteiger partial charge in [-0.05, 0) is 27.2 Å². The van der Waals surface area contributed by atoms with E-state index in [4.69, 9.17) is 5.11 Å². The highest BCUT2D eigenvalue weighted by Crippen LogP contribution is 2.01. The summed E-state index contributed by atoms with van der Waals surface area (Å²) in [6.07, 6.45) is 0.440. The van der Waals surface area contributed by atoms with E-state index in [1.807, 2.05) is 13.8 Å². The van der Waals surface area contributed by atoms with Gasteiger partial charge in [0, 0.05) is 19.1 Å². The van der Waals surface area contributed by atoms with Crippen LogP contribution < -0.4 is 10.6 Å². The van der Waals surface area contributed by atoms with E-state index in [-0.39, 0.29) is 25.0 Å². The zero-order valence-electron chi connectivity index (χ0n) is 12.6. The van der Waals surface area contributed by atoms with E-state index in [2.05, 4.69) is 10.6 Å². The van der Waals surface area contributed by atoms with Crippen molar-refractivity contribution in [2.24, 2.45) is 5.92 Å². The van der Waals surface area contributed by atoms with Crippen LogP contribution in [0.5, 0.6) is 0 Å². The monoisotopic (exact) mass is 287 g/mol. The molecule has 1 unspecified atom stereocenters. The molecule has 116 valence electrons. The Bertz CT molecular complexity index is 345. The molecule has 3 amide bonds. The second-order valence-electron chi connectivity index (χ2n) is 4.87. The van der Waals surface area contributed by atoms with E-state index in [0.29, 0.717) is 13.0 Å². The molecule has 0 aromatic heterocycles. The van der Waals surface area contributed by atoms with Gasteiger partial charge in [0.15, 0.2) is 0 Å². The summed E-state index contributed by atoms with van der Waals surface area (Å²) in [5.74, 6) is -1.78. The van der Waals surface area contributed by atoms with Crippen LogP contribution in [0.25, 0.3) is 0 Å². The van der Waals surface area contributed by atoms with Crippen LogP contribution in [0.2, 0.25) is 0 Å². The summed E-state index contributed by atoms with van der Waals surface area (Å²) in [5.41, 5.74) is 0. The first-order chi connectivity index (χ1) is 9.31. The molecule has 0 heterocycles. The van der Waals surface area contributed by atoms with Crippen LogP contribution in [0.4, 0.5) is 4.79 Å². The SMILES string of the molecule is CCC(CNC(=O)N(CC)CC(=O)NC(C)C)C(=O)O. The maximum atomic E-state index is 11.9. The minimum atomic E-state index is -0.937. The van der Waals surface area contributed by atoms with E-state index < -0.39 is 17.9 Å². The number of nitrogens with zero attached hydrogens (tertiary/aromatic N) is 1. The second-order valence-corrected chi connectivity index (χ2v) is 4.87. The summed E-state index contributed by atoms with van der Waals surface area (Å²) in [7, 11) is 0. The molecule has 0 radical (unpaired) electrons. The van der Waals surface area contributed by atoms with E-state index in [1.54, 1.807) is 13.8 Å². The number of hydrogen-bond donors (Lipinski definition) is 3. The first-order valence-corrected chi connectivity index (χ1v) is 6.86. The highest BCUT2D eigenvalue weighted by atomic mass is 16.4. The quantitative estimate of drug-likeness (QED) is 0.610. The van der Waals surface area contributed by atoms with Gasteiger partial charge in [0.05, 0.1) is 5.92 Å². The fraction of sp³-hybridized carbons (Fsp3) is 0.769. The van der Waals surface area contributed by atoms with Crippen molar-refractivity contribution in [2.45, 2.75) is 40.2 Å². The molecule has 7 heteroatoms. The van der Waals surface area contributed by atoms with Crippen molar-refractivity contribution < 1.29 is 19.5 Å². The number of carbonyl (C=O) groups excluding carboxylic acids is 2. The third-order valence-electron chi connectivity index (χ3n) is 2.79. The van der Waals surface area contributed by atoms with Gasteiger partial charge in [-0.1, -0.05) is 6.92 Å². The second kappa shape index (κ2) is 9.17. The molecule has 1 atom stereocenters. The normalized spacial score (nSPS) is 11.8. The molecule has 0 aromatic rings. The Balaban J connectivity index is 4.33. The fourth-order valence-electron chi connectivity index (χ4n) is 1.60. The number of carbonyl (C=O) groups is 3. The molecule has 0 saturated carbocycles. The Morgan fingerprint density at radius 2 is 1.80 bits per heavy atom. The van der Waals surface area contributed by atoms with Crippen LogP contribution in [-0.4, -0.2) is 53.6 Å². The molecule has 7 nitrogen and oxygen atoms in total. The number of rotatable bonds is 8. The molecule has 0 spiro atoms. The zero-order valence-corrected chi connectivity index (χ0v) is 12.6. The van der Waals surface area contributed by atoms with Gasteiger partial charge in [-0.3, -0.25) is 9.59 Å². The van der Waals surface area contributed by atoms with Crippen LogP contribution in [0, 0.1) is 5.92 Å². The van der Waals surface area contributed by atoms with Crippen molar-refractivity contribution in [3.8, 4) is 0 Å². The van der Waals surface area contributed by atoms with Crippen LogP contribution in [-0.2, 0) is 9.59 Å². The Labute approximate surface area is 119 Å². The van der Waals surface area contributed by atoms with Gasteiger partial charge in [-0.15, -0.1) is 0 Å². The third-order valence-corrected chi connectivity index (χ3v) is 2.79. The molecule has 20 heavy (non-hydrogen) atoms. The number of amides is 3. The predicted octanol–water partition coefficient (Wildman–Crippen LogP) is 0.653. The highest BCUT2D eigenvalue weighted by Gasteiger charge is 2.19. The molecular formula is C13H25N3O4. The standard InChI is InChI=1S/C13H25N3O4/c1-5-10(12(18)19)7-14-13(20)16(6-2)8-11(17)15-9(3)4/h9-10H,5-8H2,1-4H3,(H,14,20)(H,15,17)(H,18,19). The summed E-state index contributed by atoms with van der Waals surface area (Å²) in [6, 6.07) is -0.410. The topological polar surface area (TPSA) is 98.7 Å². The summed E-state index contributed by atoms with van der Waals surface area (Å²) in [6.45, 7) is 7.59. The van der Waals surface area contributed by atoms with Gasteiger partial charge in [0.2, 0.25) is 5.91 Å². The average Bonchev–Trinajstić information content (AvgIpc) is 2.35. The van der Waals surface area contributed by atoms with Gasteiger partial charge in [-0.2, -0.15) is 0 Å². The first kappa shape index (κ1) is 18.2. The molecule has 0 aliphatic carbocycles. The van der Waals surface area contributed by atoms with Crippen molar-refractivity contribution in [3.05, 3.63) is 0 Å². The summed E-state index contributed by atoms with van der Waals surface area (Å²) in [4.78, 5) is 35.7. The lowest BCUT2D eigenvalue weighted by atomic mass is 10.1. The summed E-state index contributed by atoms with van der Waals surface area (Å²) >= 11 is 0. The van der Waals surface area contributed by atoms with Gasteiger partial charge in [0.25, 0.3) is 0 Å². The minimum absolute atomic E-state index is 0.0146. The number of carboxylic acids is 1. The van der Waals surface area contributed by atoms with Gasteiger partial charge >= 0.3 is 12.0 Å². The zero-order chi connectivity index (χ0) is 15.7. The maximum absolute atomic E-state index is 11.9. The maximum Gasteiger partial charge on any atom is 0.317 e. The van der Waals surface area contributed by atoms with Crippen LogP contribution in [0.3, 0.4) is 0 Å². The van der Waals surface area contributed by atoms with Gasteiger partial charge in [-0.25, -0.2) is 4.79 Å². The van der Waals surface area contributed by atoms with Crippen molar-refractivity contribution in [3.63, 3.8) is 0 Å². The molecular weight excluding hydrogens is 262 g/mol. The van der Waals surface area contributed by atoms with E-state index in [9.17, 15) is 14.4 Å². The molecule has 0 fully saturated rings. The fourth-order valence-corrected chi connectivity index (χ4v) is 1.60. The third kappa shape index (κ3) is 6.96. The number of aliphatic carboxylic acids is 1. The molecule has 0 aliphatic heterocycles. The average molecular weight is 287 g/mol. The first-order valence-electron chi connectivity index (χ1n) is 6.86. The number of carboxylic acid groups (broad SMARTS) is 1. The van der Waals surface area contributed by atoms with E-state index >= 15 is 0 Å². The lowest BCUT2D eigenvalue weighted by molar-refractivity contribution is -0.141. The Morgan fingerprint density at radius 1 is 1.20 bits per heavy atom. The van der Waals surface area contributed by atoms with Crippen molar-refractivity contribution >= 4 is 17.9 Å². The van der Waals surface area contributed by atoms with Gasteiger partial charge < -0.3 is 20.6 Å². The lowest BCUT2D eigenvalue weighted by Gasteiger charge is -2.22. The van der Waals surface area contributed by atoms with Crippen LogP contribution in [0.15, 0.2) is 0 Å². The Kier molecular flexibility index (Phi) is 8.35. The molecule has 0 bridgehead atoms. The molecule has 3 N–H and O–H groups in total. The van der Waals surface area contributed by atoms with Crippen molar-refractivity contribution in [1.82, 2.24) is 15.5 Å². The van der Waals surface area contributed by atoms with Crippen LogP contribution in [0.1, 0.15) is 34.1 Å². The molecule has 0 aliphatic rings. The van der Waals surface area contributed by atoms with E-state index in [0.717, 1.165) is 0 Å².